The van der Waals surface area contributed by atoms with Gasteiger partial charge in [-0.1, -0.05) is 19.1 Å². The second-order valence-electron chi connectivity index (χ2n) is 6.75. The van der Waals surface area contributed by atoms with Crippen LogP contribution in [0.2, 0.25) is 0 Å². The molecule has 1 saturated heterocycles. The Bertz CT molecular complexity index is 920. The van der Waals surface area contributed by atoms with Gasteiger partial charge in [0.05, 0.1) is 0 Å². The van der Waals surface area contributed by atoms with Gasteiger partial charge in [-0.25, -0.2) is 12.8 Å². The van der Waals surface area contributed by atoms with Gasteiger partial charge < -0.3 is 4.74 Å². The highest BCUT2D eigenvalue weighted by Gasteiger charge is 2.49. The van der Waals surface area contributed by atoms with Crippen LogP contribution in [0, 0.1) is 5.82 Å². The Morgan fingerprint density at radius 2 is 1.76 bits per heavy atom. The third-order valence-electron chi connectivity index (χ3n) is 4.88. The van der Waals surface area contributed by atoms with Crippen LogP contribution < -0.4 is 0 Å². The molecule has 0 spiro atoms. The molecule has 29 heavy (non-hydrogen) atoms. The van der Waals surface area contributed by atoms with Gasteiger partial charge in [-0.3, -0.25) is 0 Å². The second kappa shape index (κ2) is 8.71. The molecule has 3 rings (SSSR count). The van der Waals surface area contributed by atoms with Crippen molar-refractivity contribution < 1.29 is 30.7 Å². The molecule has 1 aromatic heterocycles. The number of benzene rings is 1. The Labute approximate surface area is 171 Å². The number of halogens is 4. The Morgan fingerprint density at radius 1 is 1.14 bits per heavy atom. The molecular weight excluding hydrogens is 430 g/mol. The van der Waals surface area contributed by atoms with Crippen LogP contribution in [0.4, 0.5) is 17.6 Å². The molecule has 1 fully saturated rings. The lowest BCUT2D eigenvalue weighted by Crippen LogP contribution is -2.42. The summed E-state index contributed by atoms with van der Waals surface area (Å²) in [7, 11) is -4.40. The first kappa shape index (κ1) is 22.2. The van der Waals surface area contributed by atoms with Crippen molar-refractivity contribution in [3.8, 4) is 0 Å². The van der Waals surface area contributed by atoms with Crippen LogP contribution in [0.15, 0.2) is 40.6 Å². The minimum absolute atomic E-state index is 0.128. The van der Waals surface area contributed by atoms with Crippen LogP contribution in [-0.2, 0) is 14.8 Å². The van der Waals surface area contributed by atoms with Gasteiger partial charge >= 0.3 is 6.18 Å². The maximum atomic E-state index is 13.9. The summed E-state index contributed by atoms with van der Waals surface area (Å²) in [4.78, 5) is 0.827. The Balaban J connectivity index is 1.97. The van der Waals surface area contributed by atoms with Gasteiger partial charge in [0.25, 0.3) is 10.0 Å². The summed E-state index contributed by atoms with van der Waals surface area (Å²) in [5.74, 6) is -0.553. The van der Waals surface area contributed by atoms with Gasteiger partial charge in [0.2, 0.25) is 0 Å². The van der Waals surface area contributed by atoms with E-state index in [1.165, 1.54) is 13.0 Å². The topological polar surface area (TPSA) is 46.6 Å². The molecule has 1 unspecified atom stereocenters. The fraction of sp³-hybridized carbons (Fsp3) is 0.474. The molecule has 4 nitrogen and oxygen atoms in total. The van der Waals surface area contributed by atoms with E-state index in [2.05, 4.69) is 0 Å². The molecule has 0 saturated carbocycles. The van der Waals surface area contributed by atoms with Crippen LogP contribution in [0.3, 0.4) is 0 Å². The van der Waals surface area contributed by atoms with Crippen LogP contribution in [0.5, 0.6) is 0 Å². The third kappa shape index (κ3) is 4.82. The SMILES string of the molecule is CCN(C(c1ccc(F)cc1)C(F)(F)F)S(=O)(=O)c1ccc(C2CCOCC2)s1. The number of sulfonamides is 1. The first-order valence-electron chi connectivity index (χ1n) is 9.16. The molecular formula is C19H21F4NO3S2. The van der Waals surface area contributed by atoms with E-state index < -0.39 is 28.1 Å². The summed E-state index contributed by atoms with van der Waals surface area (Å²) in [5.41, 5.74) is -0.328. The van der Waals surface area contributed by atoms with Crippen molar-refractivity contribution >= 4 is 21.4 Å². The van der Waals surface area contributed by atoms with Crippen molar-refractivity contribution in [2.24, 2.45) is 0 Å². The van der Waals surface area contributed by atoms with Gasteiger partial charge in [0, 0.05) is 24.6 Å². The van der Waals surface area contributed by atoms with Crippen molar-refractivity contribution in [3.05, 3.63) is 52.7 Å². The van der Waals surface area contributed by atoms with E-state index in [-0.39, 0.29) is 22.2 Å². The van der Waals surface area contributed by atoms with Gasteiger partial charge in [-0.15, -0.1) is 11.3 Å². The second-order valence-corrected chi connectivity index (χ2v) is 9.98. The maximum absolute atomic E-state index is 13.9. The molecule has 0 bridgehead atoms. The molecule has 0 amide bonds. The quantitative estimate of drug-likeness (QED) is 0.575. The summed E-state index contributed by atoms with van der Waals surface area (Å²) in [6.45, 7) is 2.13. The van der Waals surface area contributed by atoms with E-state index >= 15 is 0 Å². The number of ether oxygens (including phenoxy) is 1. The molecule has 1 aliphatic rings. The lowest BCUT2D eigenvalue weighted by Gasteiger charge is -2.31. The summed E-state index contributed by atoms with van der Waals surface area (Å²) >= 11 is 1.00. The highest BCUT2D eigenvalue weighted by molar-refractivity contribution is 7.91. The van der Waals surface area contributed by atoms with E-state index in [0.717, 1.165) is 53.3 Å². The van der Waals surface area contributed by atoms with Gasteiger partial charge in [0.1, 0.15) is 16.1 Å². The lowest BCUT2D eigenvalue weighted by molar-refractivity contribution is -0.173. The van der Waals surface area contributed by atoms with Crippen LogP contribution in [0.25, 0.3) is 0 Å². The monoisotopic (exact) mass is 451 g/mol. The van der Waals surface area contributed by atoms with Crippen molar-refractivity contribution in [2.45, 2.75) is 42.1 Å². The van der Waals surface area contributed by atoms with Crippen LogP contribution in [0.1, 0.15) is 42.2 Å². The number of rotatable bonds is 6. The first-order valence-corrected chi connectivity index (χ1v) is 11.4. The average molecular weight is 452 g/mol. The van der Waals surface area contributed by atoms with Crippen LogP contribution >= 0.6 is 11.3 Å². The zero-order chi connectivity index (χ0) is 21.2. The molecule has 10 heteroatoms. The van der Waals surface area contributed by atoms with E-state index in [1.807, 2.05) is 0 Å². The lowest BCUT2D eigenvalue weighted by atomic mass is 9.99. The predicted octanol–water partition coefficient (Wildman–Crippen LogP) is 5.10. The minimum Gasteiger partial charge on any atom is -0.381 e. The number of thiophene rings is 1. The third-order valence-corrected chi connectivity index (χ3v) is 8.54. The molecule has 0 N–H and O–H groups in total. The number of hydrogen-bond donors (Lipinski definition) is 0. The molecule has 160 valence electrons. The van der Waals surface area contributed by atoms with Crippen molar-refractivity contribution in [3.63, 3.8) is 0 Å². The Hall–Kier alpha value is -1.49. The van der Waals surface area contributed by atoms with E-state index in [1.54, 1.807) is 6.07 Å². The molecule has 2 heterocycles. The molecule has 1 aliphatic heterocycles. The Kier molecular flexibility index (Phi) is 6.67. The first-order chi connectivity index (χ1) is 13.6. The maximum Gasteiger partial charge on any atom is 0.409 e. The molecule has 0 radical (unpaired) electrons. The average Bonchev–Trinajstić information content (AvgIpc) is 3.18. The van der Waals surface area contributed by atoms with E-state index in [4.69, 9.17) is 4.74 Å². The predicted molar refractivity (Wildman–Crippen MR) is 102 cm³/mol. The van der Waals surface area contributed by atoms with Gasteiger partial charge in [0.15, 0.2) is 0 Å². The zero-order valence-corrected chi connectivity index (χ0v) is 17.3. The fourth-order valence-electron chi connectivity index (χ4n) is 3.44. The summed E-state index contributed by atoms with van der Waals surface area (Å²) in [5, 5.41) is 0. The molecule has 1 aromatic carbocycles. The van der Waals surface area contributed by atoms with Crippen molar-refractivity contribution in [2.75, 3.05) is 19.8 Å². The smallest absolute Gasteiger partial charge is 0.381 e. The normalized spacial score (nSPS) is 17.6. The van der Waals surface area contributed by atoms with Crippen molar-refractivity contribution in [1.29, 1.82) is 0 Å². The van der Waals surface area contributed by atoms with E-state index in [9.17, 15) is 26.0 Å². The Morgan fingerprint density at radius 3 is 2.31 bits per heavy atom. The summed E-state index contributed by atoms with van der Waals surface area (Å²) in [6.07, 6.45) is -3.36. The number of alkyl halides is 3. The molecule has 2 aromatic rings. The van der Waals surface area contributed by atoms with E-state index in [0.29, 0.717) is 17.5 Å². The van der Waals surface area contributed by atoms with Gasteiger partial charge in [-0.2, -0.15) is 17.5 Å². The van der Waals surface area contributed by atoms with Crippen molar-refractivity contribution in [1.82, 2.24) is 4.31 Å². The standard InChI is InChI=1S/C19H21F4NO3S2/c1-2-24(18(19(21,22)23)14-3-5-15(20)6-4-14)29(25,26)17-8-7-16(28-17)13-9-11-27-12-10-13/h3-8,13,18H,2,9-12H2,1H3. The highest BCUT2D eigenvalue weighted by Crippen LogP contribution is 2.42. The molecule has 0 aliphatic carbocycles. The van der Waals surface area contributed by atoms with Gasteiger partial charge in [-0.05, 0) is 48.6 Å². The molecule has 1 atom stereocenters. The van der Waals surface area contributed by atoms with Crippen LogP contribution in [-0.4, -0.2) is 38.7 Å². The summed E-state index contributed by atoms with van der Waals surface area (Å²) < 4.78 is 86.7. The number of nitrogens with zero attached hydrogens (tertiary/aromatic N) is 1. The zero-order valence-electron chi connectivity index (χ0n) is 15.7. The summed E-state index contributed by atoms with van der Waals surface area (Å²) in [6, 6.07) is 4.35. The minimum atomic E-state index is -4.86. The fourth-order valence-corrected chi connectivity index (χ4v) is 6.68. The highest BCUT2D eigenvalue weighted by atomic mass is 32.2. The largest absolute Gasteiger partial charge is 0.409 e. The number of hydrogen-bond acceptors (Lipinski definition) is 4.